The van der Waals surface area contributed by atoms with Crippen LogP contribution in [0.1, 0.15) is 6.42 Å². The number of benzene rings is 1. The second-order valence-corrected chi connectivity index (χ2v) is 5.56. The Morgan fingerprint density at radius 3 is 2.76 bits per heavy atom. The fourth-order valence-electron chi connectivity index (χ4n) is 2.05. The number of hydrogen-bond acceptors (Lipinski definition) is 4. The Hall–Kier alpha value is -1.48. The van der Waals surface area contributed by atoms with Gasteiger partial charge in [-0.3, -0.25) is 4.79 Å². The minimum absolute atomic E-state index is 0.0274. The van der Waals surface area contributed by atoms with Gasteiger partial charge in [-0.15, -0.1) is 0 Å². The molecule has 7 heteroatoms. The van der Waals surface area contributed by atoms with E-state index in [0.29, 0.717) is 29.0 Å². The predicted octanol–water partition coefficient (Wildman–Crippen LogP) is 2.42. The van der Waals surface area contributed by atoms with E-state index in [1.807, 2.05) is 0 Å². The lowest BCUT2D eigenvalue weighted by Gasteiger charge is -2.16. The van der Waals surface area contributed by atoms with Gasteiger partial charge in [0, 0.05) is 22.6 Å². The molecule has 2 rings (SSSR count). The van der Waals surface area contributed by atoms with Crippen LogP contribution in [0.15, 0.2) is 18.2 Å². The van der Waals surface area contributed by atoms with Gasteiger partial charge in [0.25, 0.3) is 5.91 Å². The normalized spacial score (nSPS) is 18.8. The van der Waals surface area contributed by atoms with Crippen LogP contribution in [0, 0.1) is 17.2 Å². The van der Waals surface area contributed by atoms with Crippen molar-refractivity contribution in [3.8, 4) is 11.8 Å². The number of nitrogens with one attached hydrogen (secondary N) is 1. The smallest absolute Gasteiger partial charge is 0.258 e. The number of rotatable bonds is 5. The second-order valence-electron chi connectivity index (χ2n) is 4.69. The summed E-state index contributed by atoms with van der Waals surface area (Å²) >= 11 is 11.7. The zero-order valence-corrected chi connectivity index (χ0v) is 12.7. The van der Waals surface area contributed by atoms with Gasteiger partial charge in [-0.05, 0) is 24.6 Å². The van der Waals surface area contributed by atoms with Gasteiger partial charge in [0.2, 0.25) is 0 Å². The van der Waals surface area contributed by atoms with Gasteiger partial charge < -0.3 is 14.8 Å². The van der Waals surface area contributed by atoms with Gasteiger partial charge in [0.15, 0.2) is 6.61 Å². The molecule has 0 bridgehead atoms. The van der Waals surface area contributed by atoms with E-state index in [9.17, 15) is 4.79 Å². The Morgan fingerprint density at radius 2 is 2.19 bits per heavy atom. The molecule has 1 saturated heterocycles. The first-order valence-corrected chi connectivity index (χ1v) is 7.19. The fourth-order valence-corrected chi connectivity index (χ4v) is 2.55. The Balaban J connectivity index is 1.85. The lowest BCUT2D eigenvalue weighted by Crippen LogP contribution is -2.41. The Labute approximate surface area is 132 Å². The minimum Gasteiger partial charge on any atom is -0.484 e. The Morgan fingerprint density at radius 1 is 1.48 bits per heavy atom. The highest BCUT2D eigenvalue weighted by Gasteiger charge is 2.27. The zero-order chi connectivity index (χ0) is 15.2. The average molecular weight is 329 g/mol. The van der Waals surface area contributed by atoms with E-state index in [0.717, 1.165) is 6.42 Å². The van der Waals surface area contributed by atoms with Crippen molar-refractivity contribution in [1.82, 2.24) is 5.32 Å². The molecule has 0 spiro atoms. The summed E-state index contributed by atoms with van der Waals surface area (Å²) in [5.74, 6) is 0.0597. The molecule has 1 amide bonds. The van der Waals surface area contributed by atoms with Crippen molar-refractivity contribution < 1.29 is 14.3 Å². The molecular weight excluding hydrogens is 315 g/mol. The third kappa shape index (κ3) is 4.78. The van der Waals surface area contributed by atoms with E-state index >= 15 is 0 Å². The molecule has 0 saturated carbocycles. The molecule has 1 N–H and O–H groups in total. The molecular formula is C14H14Cl2N2O3. The topological polar surface area (TPSA) is 71.4 Å². The molecule has 2 atom stereocenters. The molecule has 0 aliphatic carbocycles. The Kier molecular flexibility index (Phi) is 5.68. The molecule has 1 aliphatic heterocycles. The van der Waals surface area contributed by atoms with E-state index in [-0.39, 0.29) is 18.4 Å². The lowest BCUT2D eigenvalue weighted by molar-refractivity contribution is -0.123. The SMILES string of the molecule is N#C[C@@H](NC(=O)COc1cc(Cl)cc(Cl)c1)[C@@H]1CCOC1. The molecule has 1 aromatic rings. The monoisotopic (exact) mass is 328 g/mol. The summed E-state index contributed by atoms with van der Waals surface area (Å²) in [7, 11) is 0. The van der Waals surface area contributed by atoms with Gasteiger partial charge in [-0.2, -0.15) is 5.26 Å². The first-order chi connectivity index (χ1) is 10.1. The first-order valence-electron chi connectivity index (χ1n) is 6.44. The molecule has 0 unspecified atom stereocenters. The van der Waals surface area contributed by atoms with Crippen LogP contribution in [0.2, 0.25) is 10.0 Å². The summed E-state index contributed by atoms with van der Waals surface area (Å²) in [5, 5.41) is 12.6. The predicted molar refractivity (Wildman–Crippen MR) is 78.4 cm³/mol. The standard InChI is InChI=1S/C14H14Cl2N2O3/c15-10-3-11(16)5-12(4-10)21-8-14(19)18-13(6-17)9-1-2-20-7-9/h3-5,9,13H,1-2,7-8H2,(H,18,19)/t9-,13-/m1/s1. The molecule has 21 heavy (non-hydrogen) atoms. The average Bonchev–Trinajstić information content (AvgIpc) is 2.95. The van der Waals surface area contributed by atoms with Crippen LogP contribution in [-0.2, 0) is 9.53 Å². The highest BCUT2D eigenvalue weighted by Crippen LogP contribution is 2.24. The molecule has 1 aromatic carbocycles. The maximum Gasteiger partial charge on any atom is 0.258 e. The maximum atomic E-state index is 11.8. The van der Waals surface area contributed by atoms with Crippen molar-refractivity contribution in [3.63, 3.8) is 0 Å². The van der Waals surface area contributed by atoms with Crippen molar-refractivity contribution in [1.29, 1.82) is 5.26 Å². The second kappa shape index (κ2) is 7.51. The van der Waals surface area contributed by atoms with Gasteiger partial charge in [-0.1, -0.05) is 23.2 Å². The third-order valence-corrected chi connectivity index (χ3v) is 3.53. The van der Waals surface area contributed by atoms with E-state index in [4.69, 9.17) is 37.9 Å². The van der Waals surface area contributed by atoms with Crippen LogP contribution in [0.3, 0.4) is 0 Å². The van der Waals surface area contributed by atoms with E-state index in [1.165, 1.54) is 0 Å². The van der Waals surface area contributed by atoms with Crippen molar-refractivity contribution >= 4 is 29.1 Å². The molecule has 1 aliphatic rings. The Bertz CT molecular complexity index is 533. The van der Waals surface area contributed by atoms with E-state index in [2.05, 4.69) is 11.4 Å². The molecule has 1 heterocycles. The highest BCUT2D eigenvalue weighted by molar-refractivity contribution is 6.34. The van der Waals surface area contributed by atoms with E-state index in [1.54, 1.807) is 18.2 Å². The number of nitriles is 1. The minimum atomic E-state index is -0.563. The van der Waals surface area contributed by atoms with Gasteiger partial charge in [-0.25, -0.2) is 0 Å². The molecule has 0 aromatic heterocycles. The van der Waals surface area contributed by atoms with Crippen molar-refractivity contribution in [2.45, 2.75) is 12.5 Å². The lowest BCUT2D eigenvalue weighted by atomic mass is 10.0. The van der Waals surface area contributed by atoms with Crippen molar-refractivity contribution in [2.24, 2.45) is 5.92 Å². The quantitative estimate of drug-likeness (QED) is 0.900. The molecule has 112 valence electrons. The summed E-state index contributed by atoms with van der Waals surface area (Å²) in [5.41, 5.74) is 0. The summed E-state index contributed by atoms with van der Waals surface area (Å²) in [6.07, 6.45) is 0.767. The van der Waals surface area contributed by atoms with Crippen LogP contribution in [0.25, 0.3) is 0 Å². The molecule has 0 radical (unpaired) electrons. The van der Waals surface area contributed by atoms with Crippen LogP contribution in [0.4, 0.5) is 0 Å². The van der Waals surface area contributed by atoms with Crippen LogP contribution in [0.5, 0.6) is 5.75 Å². The number of amides is 1. The number of carbonyl (C=O) groups is 1. The number of halogens is 2. The number of hydrogen-bond donors (Lipinski definition) is 1. The van der Waals surface area contributed by atoms with Gasteiger partial charge >= 0.3 is 0 Å². The summed E-state index contributed by atoms with van der Waals surface area (Å²) < 4.78 is 10.5. The fraction of sp³-hybridized carbons (Fsp3) is 0.429. The number of ether oxygens (including phenoxy) is 2. The highest BCUT2D eigenvalue weighted by atomic mass is 35.5. The largest absolute Gasteiger partial charge is 0.484 e. The molecule has 5 nitrogen and oxygen atoms in total. The van der Waals surface area contributed by atoms with Crippen LogP contribution < -0.4 is 10.1 Å². The van der Waals surface area contributed by atoms with Crippen molar-refractivity contribution in [2.75, 3.05) is 19.8 Å². The summed E-state index contributed by atoms with van der Waals surface area (Å²) in [4.78, 5) is 11.8. The number of carbonyl (C=O) groups excluding carboxylic acids is 1. The maximum absolute atomic E-state index is 11.8. The van der Waals surface area contributed by atoms with Crippen molar-refractivity contribution in [3.05, 3.63) is 28.2 Å². The first kappa shape index (κ1) is 15.9. The molecule has 1 fully saturated rings. The number of nitrogens with zero attached hydrogens (tertiary/aromatic N) is 1. The van der Waals surface area contributed by atoms with Gasteiger partial charge in [0.05, 0.1) is 12.7 Å². The summed E-state index contributed by atoms with van der Waals surface area (Å²) in [6, 6.07) is 6.22. The van der Waals surface area contributed by atoms with E-state index < -0.39 is 6.04 Å². The van der Waals surface area contributed by atoms with Crippen LogP contribution >= 0.6 is 23.2 Å². The van der Waals surface area contributed by atoms with Gasteiger partial charge in [0.1, 0.15) is 11.8 Å². The third-order valence-electron chi connectivity index (χ3n) is 3.10. The summed E-state index contributed by atoms with van der Waals surface area (Å²) in [6.45, 7) is 0.905. The van der Waals surface area contributed by atoms with Crippen LogP contribution in [-0.4, -0.2) is 31.8 Å². The zero-order valence-electron chi connectivity index (χ0n) is 11.1.